The van der Waals surface area contributed by atoms with Gasteiger partial charge in [-0.3, -0.25) is 0 Å². The maximum absolute atomic E-state index is 10.3. The first kappa shape index (κ1) is 13.6. The molecular formula is C8H15CrO2+2. The van der Waals surface area contributed by atoms with Crippen LogP contribution in [-0.2, 0) is 22.2 Å². The Balaban J connectivity index is 0. The SMILES string of the molecule is CCCCC(CC)C(=O)[O-].[Cr+3]. The number of carbonyl (C=O) groups excluding carboxylic acids is 1. The van der Waals surface area contributed by atoms with Crippen LogP contribution in [0.25, 0.3) is 0 Å². The summed E-state index contributed by atoms with van der Waals surface area (Å²) in [7, 11) is 0. The molecule has 0 bridgehead atoms. The minimum absolute atomic E-state index is 0. The summed E-state index contributed by atoms with van der Waals surface area (Å²) >= 11 is 0. The van der Waals surface area contributed by atoms with Crippen LogP contribution in [-0.4, -0.2) is 5.97 Å². The molecule has 0 heterocycles. The van der Waals surface area contributed by atoms with E-state index in [2.05, 4.69) is 6.92 Å². The van der Waals surface area contributed by atoms with Gasteiger partial charge in [-0.25, -0.2) is 0 Å². The molecule has 3 heteroatoms. The second kappa shape index (κ2) is 8.10. The molecule has 0 saturated heterocycles. The third-order valence-corrected chi connectivity index (χ3v) is 1.73. The van der Waals surface area contributed by atoms with Crippen molar-refractivity contribution in [3.63, 3.8) is 0 Å². The van der Waals surface area contributed by atoms with E-state index in [1.54, 1.807) is 0 Å². The van der Waals surface area contributed by atoms with Gasteiger partial charge in [0.15, 0.2) is 0 Å². The molecule has 1 unspecified atom stereocenters. The molecule has 0 aromatic carbocycles. The monoisotopic (exact) mass is 195 g/mol. The van der Waals surface area contributed by atoms with Crippen molar-refractivity contribution in [1.82, 2.24) is 0 Å². The molecule has 0 N–H and O–H groups in total. The Morgan fingerprint density at radius 2 is 2.00 bits per heavy atom. The number of hydrogen-bond donors (Lipinski definition) is 0. The van der Waals surface area contributed by atoms with E-state index in [0.29, 0.717) is 6.42 Å². The predicted octanol–water partition coefficient (Wildman–Crippen LogP) is 0.950. The van der Waals surface area contributed by atoms with Crippen LogP contribution in [0.2, 0.25) is 0 Å². The summed E-state index contributed by atoms with van der Waals surface area (Å²) in [6.07, 6.45) is 3.52. The number of hydrogen-bond acceptors (Lipinski definition) is 2. The molecule has 0 aromatic heterocycles. The summed E-state index contributed by atoms with van der Waals surface area (Å²) in [5.41, 5.74) is 0. The number of carbonyl (C=O) groups is 1. The van der Waals surface area contributed by atoms with Gasteiger partial charge in [-0.2, -0.15) is 0 Å². The maximum Gasteiger partial charge on any atom is 3.00 e. The molecule has 0 aliphatic carbocycles. The third-order valence-electron chi connectivity index (χ3n) is 1.73. The molecule has 63 valence electrons. The predicted molar refractivity (Wildman–Crippen MR) is 38.3 cm³/mol. The molecule has 0 aliphatic rings. The number of unbranched alkanes of at least 4 members (excludes halogenated alkanes) is 1. The largest absolute Gasteiger partial charge is 3.00 e. The molecular weight excluding hydrogens is 180 g/mol. The van der Waals surface area contributed by atoms with Crippen LogP contribution in [0.1, 0.15) is 39.5 Å². The Morgan fingerprint density at radius 1 is 1.45 bits per heavy atom. The minimum Gasteiger partial charge on any atom is -0.550 e. The first-order valence-electron chi connectivity index (χ1n) is 3.93. The standard InChI is InChI=1S/C8H16O2.Cr/c1-3-5-6-7(4-2)8(9)10;/h7H,3-6H2,1-2H3,(H,9,10);/q;+3/p-1. The van der Waals surface area contributed by atoms with Crippen molar-refractivity contribution in [2.45, 2.75) is 39.5 Å². The average molecular weight is 195 g/mol. The van der Waals surface area contributed by atoms with Crippen LogP contribution in [0, 0.1) is 5.92 Å². The van der Waals surface area contributed by atoms with Gasteiger partial charge in [0.2, 0.25) is 0 Å². The van der Waals surface area contributed by atoms with Crippen molar-refractivity contribution in [3.8, 4) is 0 Å². The fourth-order valence-electron chi connectivity index (χ4n) is 0.939. The van der Waals surface area contributed by atoms with E-state index >= 15 is 0 Å². The number of carboxylic acids is 1. The number of rotatable bonds is 5. The van der Waals surface area contributed by atoms with Crippen LogP contribution in [0.5, 0.6) is 0 Å². The van der Waals surface area contributed by atoms with Crippen LogP contribution in [0.15, 0.2) is 0 Å². The Kier molecular flexibility index (Phi) is 10.0. The van der Waals surface area contributed by atoms with Crippen LogP contribution < -0.4 is 5.11 Å². The van der Waals surface area contributed by atoms with E-state index in [1.165, 1.54) is 0 Å². The van der Waals surface area contributed by atoms with Crippen molar-refractivity contribution in [2.75, 3.05) is 0 Å². The van der Waals surface area contributed by atoms with E-state index in [4.69, 9.17) is 0 Å². The maximum atomic E-state index is 10.3. The minimum atomic E-state index is -0.893. The van der Waals surface area contributed by atoms with Gasteiger partial charge in [0.05, 0.1) is 0 Å². The van der Waals surface area contributed by atoms with Crippen LogP contribution in [0.3, 0.4) is 0 Å². The Morgan fingerprint density at radius 3 is 2.27 bits per heavy atom. The first-order chi connectivity index (χ1) is 4.72. The van der Waals surface area contributed by atoms with E-state index < -0.39 is 5.97 Å². The summed E-state index contributed by atoms with van der Waals surface area (Å²) in [6, 6.07) is 0. The number of carboxylic acid groups (broad SMARTS) is 1. The van der Waals surface area contributed by atoms with E-state index in [-0.39, 0.29) is 23.3 Å². The molecule has 0 spiro atoms. The third kappa shape index (κ3) is 6.40. The van der Waals surface area contributed by atoms with Gasteiger partial charge >= 0.3 is 17.4 Å². The fourth-order valence-corrected chi connectivity index (χ4v) is 0.939. The summed E-state index contributed by atoms with van der Waals surface area (Å²) in [5.74, 6) is -1.11. The Bertz CT molecular complexity index is 104. The molecule has 1 atom stereocenters. The second-order valence-corrected chi connectivity index (χ2v) is 2.57. The zero-order valence-electron chi connectivity index (χ0n) is 7.13. The summed E-state index contributed by atoms with van der Waals surface area (Å²) in [4.78, 5) is 10.3. The van der Waals surface area contributed by atoms with E-state index in [1.807, 2.05) is 6.92 Å². The van der Waals surface area contributed by atoms with Crippen molar-refractivity contribution in [2.24, 2.45) is 5.92 Å². The van der Waals surface area contributed by atoms with Gasteiger partial charge in [-0.05, 0) is 18.8 Å². The molecule has 0 aliphatic heterocycles. The molecule has 0 amide bonds. The first-order valence-corrected chi connectivity index (χ1v) is 3.93. The van der Waals surface area contributed by atoms with Crippen molar-refractivity contribution in [3.05, 3.63) is 0 Å². The van der Waals surface area contributed by atoms with Crippen LogP contribution in [0.4, 0.5) is 0 Å². The average Bonchev–Trinajstić information content (AvgIpc) is 1.89. The molecule has 0 saturated carbocycles. The quantitative estimate of drug-likeness (QED) is 0.655. The number of aliphatic carboxylic acids is 1. The van der Waals surface area contributed by atoms with Gasteiger partial charge in [0.1, 0.15) is 0 Å². The Labute approximate surface area is 79.1 Å². The summed E-state index contributed by atoms with van der Waals surface area (Å²) in [5, 5.41) is 10.3. The molecule has 0 aromatic rings. The van der Waals surface area contributed by atoms with Crippen molar-refractivity contribution >= 4 is 5.97 Å². The van der Waals surface area contributed by atoms with Gasteiger partial charge in [0, 0.05) is 5.97 Å². The van der Waals surface area contributed by atoms with Crippen LogP contribution >= 0.6 is 0 Å². The topological polar surface area (TPSA) is 40.1 Å². The van der Waals surface area contributed by atoms with E-state index in [0.717, 1.165) is 19.3 Å². The van der Waals surface area contributed by atoms with Crippen molar-refractivity contribution < 1.29 is 27.3 Å². The summed E-state index contributed by atoms with van der Waals surface area (Å²) in [6.45, 7) is 3.94. The molecule has 11 heavy (non-hydrogen) atoms. The molecule has 0 fully saturated rings. The zero-order valence-corrected chi connectivity index (χ0v) is 8.41. The summed E-state index contributed by atoms with van der Waals surface area (Å²) < 4.78 is 0. The molecule has 2 nitrogen and oxygen atoms in total. The second-order valence-electron chi connectivity index (χ2n) is 2.57. The van der Waals surface area contributed by atoms with E-state index in [9.17, 15) is 9.90 Å². The van der Waals surface area contributed by atoms with Crippen molar-refractivity contribution in [1.29, 1.82) is 0 Å². The Hall–Kier alpha value is 0.00247. The normalized spacial score (nSPS) is 11.8. The molecule has 0 rings (SSSR count). The smallest absolute Gasteiger partial charge is 0.550 e. The van der Waals surface area contributed by atoms with Gasteiger partial charge in [0.25, 0.3) is 0 Å². The fraction of sp³-hybridized carbons (Fsp3) is 0.875. The molecule has 1 radical (unpaired) electrons. The van der Waals surface area contributed by atoms with Gasteiger partial charge in [-0.15, -0.1) is 0 Å². The zero-order chi connectivity index (χ0) is 7.98. The van der Waals surface area contributed by atoms with Gasteiger partial charge < -0.3 is 9.90 Å². The van der Waals surface area contributed by atoms with Gasteiger partial charge in [-0.1, -0.05) is 26.7 Å².